The normalized spacial score (nSPS) is 12.2. The average molecular weight is 375 g/mol. The molecule has 1 atom stereocenters. The number of nitrogens with zero attached hydrogens (tertiary/aromatic N) is 7. The Kier molecular flexibility index (Phi) is 4.94. The molecule has 0 spiro atoms. The number of para-hydroxylation sites is 1. The Morgan fingerprint density at radius 2 is 1.75 bits per heavy atom. The van der Waals surface area contributed by atoms with Crippen LogP contribution in [0.2, 0.25) is 0 Å². The van der Waals surface area contributed by atoms with Gasteiger partial charge in [-0.25, -0.2) is 14.3 Å². The molecule has 0 saturated heterocycles. The molecule has 0 saturated carbocycles. The fourth-order valence-electron chi connectivity index (χ4n) is 3.08. The fourth-order valence-corrected chi connectivity index (χ4v) is 3.08. The summed E-state index contributed by atoms with van der Waals surface area (Å²) in [5, 5.41) is 27.0. The summed E-state index contributed by atoms with van der Waals surface area (Å²) in [5.41, 5.74) is 2.77. The zero-order valence-corrected chi connectivity index (χ0v) is 15.8. The molecular weight excluding hydrogens is 354 g/mol. The van der Waals surface area contributed by atoms with Gasteiger partial charge in [0.2, 0.25) is 0 Å². The molecule has 0 amide bonds. The lowest BCUT2D eigenvalue weighted by molar-refractivity contribution is 0.210. The van der Waals surface area contributed by atoms with Gasteiger partial charge in [-0.2, -0.15) is 0 Å². The second-order valence-electron chi connectivity index (χ2n) is 6.60. The average Bonchev–Trinajstić information content (AvgIpc) is 3.33. The minimum atomic E-state index is -0.889. The van der Waals surface area contributed by atoms with Crippen LogP contribution in [0.5, 0.6) is 0 Å². The van der Waals surface area contributed by atoms with Crippen molar-refractivity contribution in [2.24, 2.45) is 0 Å². The summed E-state index contributed by atoms with van der Waals surface area (Å²) in [6, 6.07) is 17.4. The molecule has 28 heavy (non-hydrogen) atoms. The molecule has 4 rings (SSSR count). The van der Waals surface area contributed by atoms with E-state index in [-0.39, 0.29) is 0 Å². The van der Waals surface area contributed by atoms with Crippen molar-refractivity contribution in [3.05, 3.63) is 83.2 Å². The lowest BCUT2D eigenvalue weighted by Crippen LogP contribution is -2.11. The maximum atomic E-state index is 10.8. The van der Waals surface area contributed by atoms with E-state index in [1.807, 2.05) is 68.4 Å². The van der Waals surface area contributed by atoms with Crippen LogP contribution in [-0.2, 0) is 13.0 Å². The van der Waals surface area contributed by atoms with E-state index < -0.39 is 6.10 Å². The maximum Gasteiger partial charge on any atom is 0.184 e. The zero-order chi connectivity index (χ0) is 19.5. The van der Waals surface area contributed by atoms with Crippen LogP contribution in [-0.4, -0.2) is 40.1 Å². The Hall–Kier alpha value is -3.39. The Morgan fingerprint density at radius 3 is 2.46 bits per heavy atom. The van der Waals surface area contributed by atoms with E-state index in [9.17, 15) is 5.11 Å². The molecule has 2 aromatic carbocycles. The predicted molar refractivity (Wildman–Crippen MR) is 103 cm³/mol. The topological polar surface area (TPSA) is 94.5 Å². The summed E-state index contributed by atoms with van der Waals surface area (Å²) in [6.07, 6.45) is -0.311. The minimum Gasteiger partial charge on any atom is -0.380 e. The highest BCUT2D eigenvalue weighted by molar-refractivity contribution is 5.40. The lowest BCUT2D eigenvalue weighted by atomic mass is 10.1. The van der Waals surface area contributed by atoms with Gasteiger partial charge in [0, 0.05) is 6.42 Å². The van der Waals surface area contributed by atoms with Crippen molar-refractivity contribution in [1.29, 1.82) is 0 Å². The number of hydrogen-bond acceptors (Lipinski definition) is 6. The van der Waals surface area contributed by atoms with Crippen molar-refractivity contribution in [3.8, 4) is 5.69 Å². The Balaban J connectivity index is 1.71. The molecule has 0 fully saturated rings. The van der Waals surface area contributed by atoms with Crippen LogP contribution in [0.3, 0.4) is 0 Å². The van der Waals surface area contributed by atoms with Crippen molar-refractivity contribution in [2.75, 3.05) is 0 Å². The van der Waals surface area contributed by atoms with E-state index in [2.05, 4.69) is 25.6 Å². The fraction of sp³-hybridized carbons (Fsp3) is 0.250. The number of aliphatic hydroxyl groups is 1. The first-order chi connectivity index (χ1) is 13.6. The van der Waals surface area contributed by atoms with Crippen molar-refractivity contribution in [3.63, 3.8) is 0 Å². The number of benzene rings is 2. The molecule has 0 bridgehead atoms. The van der Waals surface area contributed by atoms with Gasteiger partial charge in [-0.3, -0.25) is 0 Å². The number of aryl methyl sites for hydroxylation is 4. The molecule has 0 aliphatic carbocycles. The Labute approximate surface area is 162 Å². The molecule has 8 heteroatoms. The van der Waals surface area contributed by atoms with E-state index in [0.717, 1.165) is 28.5 Å². The SMILES string of the molecule is Cc1ccccc1-n1nc(C(O)c2ccccc2)nc1CCn1nnnc1C. The summed E-state index contributed by atoms with van der Waals surface area (Å²) >= 11 is 0. The largest absolute Gasteiger partial charge is 0.380 e. The van der Waals surface area contributed by atoms with Crippen LogP contribution in [0.15, 0.2) is 54.6 Å². The van der Waals surface area contributed by atoms with Gasteiger partial charge in [0.1, 0.15) is 17.8 Å². The lowest BCUT2D eigenvalue weighted by Gasteiger charge is -2.09. The third-order valence-corrected chi connectivity index (χ3v) is 4.65. The van der Waals surface area contributed by atoms with Gasteiger partial charge >= 0.3 is 0 Å². The molecule has 1 N–H and O–H groups in total. The number of rotatable bonds is 6. The van der Waals surface area contributed by atoms with Crippen LogP contribution >= 0.6 is 0 Å². The number of aromatic nitrogens is 7. The molecule has 8 nitrogen and oxygen atoms in total. The third kappa shape index (κ3) is 3.54. The zero-order valence-electron chi connectivity index (χ0n) is 15.8. The monoisotopic (exact) mass is 375 g/mol. The first kappa shape index (κ1) is 18.0. The van der Waals surface area contributed by atoms with Crippen LogP contribution in [0.4, 0.5) is 0 Å². The number of hydrogen-bond donors (Lipinski definition) is 1. The summed E-state index contributed by atoms with van der Waals surface area (Å²) in [5.74, 6) is 1.86. The van der Waals surface area contributed by atoms with Crippen molar-refractivity contribution in [1.82, 2.24) is 35.0 Å². The third-order valence-electron chi connectivity index (χ3n) is 4.65. The highest BCUT2D eigenvalue weighted by Crippen LogP contribution is 2.22. The van der Waals surface area contributed by atoms with E-state index in [1.54, 1.807) is 9.36 Å². The van der Waals surface area contributed by atoms with Gasteiger partial charge in [-0.1, -0.05) is 48.5 Å². The molecule has 2 aromatic heterocycles. The van der Waals surface area contributed by atoms with Gasteiger partial charge in [0.25, 0.3) is 0 Å². The molecule has 0 aliphatic rings. The molecular formula is C20H21N7O. The number of aliphatic hydroxyl groups excluding tert-OH is 1. The summed E-state index contributed by atoms with van der Waals surface area (Å²) in [7, 11) is 0. The standard InChI is InChI=1S/C20H21N7O/c1-14-8-6-7-11-17(14)27-18(12-13-26-15(2)22-24-25-26)21-20(23-27)19(28)16-9-4-3-5-10-16/h3-11,19,28H,12-13H2,1-2H3. The molecule has 1 unspecified atom stereocenters. The number of tetrazole rings is 1. The summed E-state index contributed by atoms with van der Waals surface area (Å²) in [6.45, 7) is 4.46. The van der Waals surface area contributed by atoms with Gasteiger partial charge in [-0.05, 0) is 41.5 Å². The van der Waals surface area contributed by atoms with Crippen LogP contribution in [0, 0.1) is 13.8 Å². The van der Waals surface area contributed by atoms with E-state index in [0.29, 0.717) is 18.8 Å². The first-order valence-electron chi connectivity index (χ1n) is 9.11. The highest BCUT2D eigenvalue weighted by atomic mass is 16.3. The summed E-state index contributed by atoms with van der Waals surface area (Å²) < 4.78 is 3.53. The van der Waals surface area contributed by atoms with Crippen LogP contribution < -0.4 is 0 Å². The van der Waals surface area contributed by atoms with Crippen LogP contribution in [0.1, 0.15) is 34.7 Å². The second kappa shape index (κ2) is 7.69. The highest BCUT2D eigenvalue weighted by Gasteiger charge is 2.20. The first-order valence-corrected chi connectivity index (χ1v) is 9.11. The smallest absolute Gasteiger partial charge is 0.184 e. The van der Waals surface area contributed by atoms with Gasteiger partial charge in [0.05, 0.1) is 12.2 Å². The second-order valence-corrected chi connectivity index (χ2v) is 6.60. The van der Waals surface area contributed by atoms with E-state index >= 15 is 0 Å². The molecule has 0 aliphatic heterocycles. The van der Waals surface area contributed by atoms with Crippen LogP contribution in [0.25, 0.3) is 5.69 Å². The van der Waals surface area contributed by atoms with Gasteiger partial charge < -0.3 is 5.11 Å². The minimum absolute atomic E-state index is 0.373. The Morgan fingerprint density at radius 1 is 1.00 bits per heavy atom. The molecule has 0 radical (unpaired) electrons. The maximum absolute atomic E-state index is 10.8. The molecule has 142 valence electrons. The quantitative estimate of drug-likeness (QED) is 0.555. The predicted octanol–water partition coefficient (Wildman–Crippen LogP) is 2.20. The Bertz CT molecular complexity index is 1070. The molecule has 2 heterocycles. The van der Waals surface area contributed by atoms with E-state index in [4.69, 9.17) is 0 Å². The molecule has 4 aromatic rings. The van der Waals surface area contributed by atoms with E-state index in [1.165, 1.54) is 0 Å². The van der Waals surface area contributed by atoms with Gasteiger partial charge in [-0.15, -0.1) is 10.2 Å². The van der Waals surface area contributed by atoms with Gasteiger partial charge in [0.15, 0.2) is 5.82 Å². The van der Waals surface area contributed by atoms with Crippen molar-refractivity contribution < 1.29 is 5.11 Å². The van der Waals surface area contributed by atoms with Crippen molar-refractivity contribution >= 4 is 0 Å². The summed E-state index contributed by atoms with van der Waals surface area (Å²) in [4.78, 5) is 4.65. The van der Waals surface area contributed by atoms with Crippen molar-refractivity contribution in [2.45, 2.75) is 32.9 Å².